The van der Waals surface area contributed by atoms with Gasteiger partial charge in [-0.1, -0.05) is 19.1 Å². The molecule has 110 valence electrons. The summed E-state index contributed by atoms with van der Waals surface area (Å²) in [7, 11) is 3.02. The minimum atomic E-state index is -0.313. The Morgan fingerprint density at radius 2 is 1.95 bits per heavy atom. The highest BCUT2D eigenvalue weighted by molar-refractivity contribution is 6.06. The molecular weight excluding hydrogens is 268 g/mol. The van der Waals surface area contributed by atoms with Gasteiger partial charge in [0.15, 0.2) is 0 Å². The lowest BCUT2D eigenvalue weighted by Gasteiger charge is -2.10. The monoisotopic (exact) mass is 286 g/mol. The normalized spacial score (nSPS) is 10.2. The van der Waals surface area contributed by atoms with Crippen molar-refractivity contribution in [2.45, 2.75) is 13.3 Å². The number of carbonyl (C=O) groups is 1. The number of nitrogens with one attached hydrogen (secondary N) is 1. The predicted molar refractivity (Wildman–Crippen MR) is 82.0 cm³/mol. The standard InChI is InChI=1S/C16H18N2O3/c1-4-11-5-7-12(8-6-11)17-16(20)13-10-18(2)15(19)9-14(13)21-3/h5-10H,4H2,1-3H3,(H,17,20). The highest BCUT2D eigenvalue weighted by Crippen LogP contribution is 2.17. The summed E-state index contributed by atoms with van der Waals surface area (Å²) in [6.07, 6.45) is 2.42. The number of aromatic nitrogens is 1. The van der Waals surface area contributed by atoms with E-state index in [0.29, 0.717) is 11.3 Å². The molecule has 0 saturated heterocycles. The maximum Gasteiger partial charge on any atom is 0.260 e. The van der Waals surface area contributed by atoms with Crippen molar-refractivity contribution in [1.29, 1.82) is 0 Å². The maximum atomic E-state index is 12.3. The third-order valence-corrected chi connectivity index (χ3v) is 3.27. The lowest BCUT2D eigenvalue weighted by Crippen LogP contribution is -2.21. The largest absolute Gasteiger partial charge is 0.496 e. The van der Waals surface area contributed by atoms with Gasteiger partial charge < -0.3 is 14.6 Å². The summed E-state index contributed by atoms with van der Waals surface area (Å²) in [5, 5.41) is 2.80. The zero-order valence-corrected chi connectivity index (χ0v) is 12.3. The van der Waals surface area contributed by atoms with E-state index >= 15 is 0 Å². The van der Waals surface area contributed by atoms with Crippen LogP contribution in [0.15, 0.2) is 41.3 Å². The lowest BCUT2D eigenvalue weighted by molar-refractivity contribution is 0.102. The molecule has 1 N–H and O–H groups in total. The van der Waals surface area contributed by atoms with E-state index in [-0.39, 0.29) is 17.2 Å². The number of carbonyl (C=O) groups excluding carboxylic acids is 1. The van der Waals surface area contributed by atoms with Gasteiger partial charge in [0.2, 0.25) is 0 Å². The Kier molecular flexibility index (Phi) is 4.42. The fourth-order valence-corrected chi connectivity index (χ4v) is 1.97. The topological polar surface area (TPSA) is 60.3 Å². The van der Waals surface area contributed by atoms with Gasteiger partial charge in [-0.05, 0) is 24.1 Å². The molecule has 0 radical (unpaired) electrons. The molecule has 21 heavy (non-hydrogen) atoms. The summed E-state index contributed by atoms with van der Waals surface area (Å²) in [5.41, 5.74) is 2.00. The predicted octanol–water partition coefficient (Wildman–Crippen LogP) is 2.21. The molecule has 0 spiro atoms. The molecular formula is C16H18N2O3. The average molecular weight is 286 g/mol. The first-order valence-electron chi connectivity index (χ1n) is 6.70. The zero-order valence-electron chi connectivity index (χ0n) is 12.3. The Morgan fingerprint density at radius 3 is 2.52 bits per heavy atom. The van der Waals surface area contributed by atoms with Crippen LogP contribution in [0.5, 0.6) is 5.75 Å². The van der Waals surface area contributed by atoms with Crippen LogP contribution in [0.2, 0.25) is 0 Å². The van der Waals surface area contributed by atoms with Gasteiger partial charge in [-0.3, -0.25) is 9.59 Å². The minimum Gasteiger partial charge on any atom is -0.496 e. The summed E-state index contributed by atoms with van der Waals surface area (Å²) in [6, 6.07) is 8.94. The number of ether oxygens (including phenoxy) is 1. The van der Waals surface area contributed by atoms with Gasteiger partial charge in [-0.2, -0.15) is 0 Å². The van der Waals surface area contributed by atoms with Crippen LogP contribution in [-0.4, -0.2) is 17.6 Å². The summed E-state index contributed by atoms with van der Waals surface area (Å²) in [4.78, 5) is 23.9. The molecule has 0 atom stereocenters. The molecule has 0 saturated carbocycles. The molecule has 0 aliphatic rings. The first-order valence-corrected chi connectivity index (χ1v) is 6.70. The number of rotatable bonds is 4. The van der Waals surface area contributed by atoms with Gasteiger partial charge in [0.05, 0.1) is 12.7 Å². The van der Waals surface area contributed by atoms with Crippen LogP contribution >= 0.6 is 0 Å². The van der Waals surface area contributed by atoms with Crippen molar-refractivity contribution in [2.24, 2.45) is 7.05 Å². The number of aryl methyl sites for hydroxylation is 2. The molecule has 0 aliphatic heterocycles. The Bertz CT molecular complexity index is 702. The molecule has 2 rings (SSSR count). The second-order valence-electron chi connectivity index (χ2n) is 4.71. The number of pyridine rings is 1. The first-order chi connectivity index (χ1) is 10.0. The number of anilines is 1. The number of benzene rings is 1. The lowest BCUT2D eigenvalue weighted by atomic mass is 10.1. The Morgan fingerprint density at radius 1 is 1.29 bits per heavy atom. The van der Waals surface area contributed by atoms with E-state index in [1.807, 2.05) is 24.3 Å². The van der Waals surface area contributed by atoms with Gasteiger partial charge >= 0.3 is 0 Å². The first kappa shape index (κ1) is 14.8. The zero-order chi connectivity index (χ0) is 15.4. The smallest absolute Gasteiger partial charge is 0.260 e. The van der Waals surface area contributed by atoms with Crippen molar-refractivity contribution in [3.05, 3.63) is 58.0 Å². The minimum absolute atomic E-state index is 0.226. The molecule has 0 fully saturated rings. The van der Waals surface area contributed by atoms with E-state index in [0.717, 1.165) is 6.42 Å². The third-order valence-electron chi connectivity index (χ3n) is 3.27. The number of methoxy groups -OCH3 is 1. The highest BCUT2D eigenvalue weighted by Gasteiger charge is 2.14. The molecule has 1 amide bonds. The summed E-state index contributed by atoms with van der Waals surface area (Å²) < 4.78 is 6.45. The van der Waals surface area contributed by atoms with E-state index < -0.39 is 0 Å². The van der Waals surface area contributed by atoms with Crippen LogP contribution in [0.4, 0.5) is 5.69 Å². The molecule has 2 aromatic rings. The SMILES string of the molecule is CCc1ccc(NC(=O)c2cn(C)c(=O)cc2OC)cc1. The van der Waals surface area contributed by atoms with Gasteiger partial charge in [0.25, 0.3) is 11.5 Å². The van der Waals surface area contributed by atoms with Crippen LogP contribution in [0.3, 0.4) is 0 Å². The number of hydrogen-bond donors (Lipinski definition) is 1. The van der Waals surface area contributed by atoms with Crippen LogP contribution < -0.4 is 15.6 Å². The van der Waals surface area contributed by atoms with Crippen molar-refractivity contribution in [3.8, 4) is 5.75 Å². The Balaban J connectivity index is 2.27. The molecule has 0 bridgehead atoms. The molecule has 5 nitrogen and oxygen atoms in total. The van der Waals surface area contributed by atoms with E-state index in [9.17, 15) is 9.59 Å². The van der Waals surface area contributed by atoms with E-state index in [4.69, 9.17) is 4.74 Å². The van der Waals surface area contributed by atoms with Gasteiger partial charge in [0.1, 0.15) is 5.75 Å². The fraction of sp³-hybridized carbons (Fsp3) is 0.250. The highest BCUT2D eigenvalue weighted by atomic mass is 16.5. The van der Waals surface area contributed by atoms with Crippen molar-refractivity contribution in [1.82, 2.24) is 4.57 Å². The number of hydrogen-bond acceptors (Lipinski definition) is 3. The van der Waals surface area contributed by atoms with E-state index in [1.165, 1.54) is 29.5 Å². The van der Waals surface area contributed by atoms with Gasteiger partial charge in [0, 0.05) is 25.0 Å². The van der Waals surface area contributed by atoms with Crippen LogP contribution in [0.1, 0.15) is 22.8 Å². The number of amides is 1. The molecule has 1 heterocycles. The van der Waals surface area contributed by atoms with Crippen molar-refractivity contribution < 1.29 is 9.53 Å². The fourth-order valence-electron chi connectivity index (χ4n) is 1.97. The van der Waals surface area contributed by atoms with Crippen molar-refractivity contribution >= 4 is 11.6 Å². The van der Waals surface area contributed by atoms with Gasteiger partial charge in [-0.15, -0.1) is 0 Å². The summed E-state index contributed by atoms with van der Waals surface area (Å²) in [5.74, 6) is -0.0486. The van der Waals surface area contributed by atoms with Crippen LogP contribution in [0, 0.1) is 0 Å². The summed E-state index contributed by atoms with van der Waals surface area (Å²) in [6.45, 7) is 2.07. The quantitative estimate of drug-likeness (QED) is 0.937. The Hall–Kier alpha value is -2.56. The Labute approximate surface area is 123 Å². The molecule has 0 unspecified atom stereocenters. The van der Waals surface area contributed by atoms with Gasteiger partial charge in [-0.25, -0.2) is 0 Å². The molecule has 0 aliphatic carbocycles. The molecule has 1 aromatic heterocycles. The van der Waals surface area contributed by atoms with Crippen LogP contribution in [0.25, 0.3) is 0 Å². The molecule has 5 heteroatoms. The van der Waals surface area contributed by atoms with Crippen LogP contribution in [-0.2, 0) is 13.5 Å². The van der Waals surface area contributed by atoms with Crippen molar-refractivity contribution in [2.75, 3.05) is 12.4 Å². The van der Waals surface area contributed by atoms with E-state index in [1.54, 1.807) is 7.05 Å². The third kappa shape index (κ3) is 3.31. The second kappa shape index (κ2) is 6.26. The van der Waals surface area contributed by atoms with Crippen molar-refractivity contribution in [3.63, 3.8) is 0 Å². The number of nitrogens with zero attached hydrogens (tertiary/aromatic N) is 1. The second-order valence-corrected chi connectivity index (χ2v) is 4.71. The summed E-state index contributed by atoms with van der Waals surface area (Å²) >= 11 is 0. The van der Waals surface area contributed by atoms with E-state index in [2.05, 4.69) is 12.2 Å². The maximum absolute atomic E-state index is 12.3. The average Bonchev–Trinajstić information content (AvgIpc) is 2.50. The molecule has 1 aromatic carbocycles.